The number of benzene rings is 1. The van der Waals surface area contributed by atoms with Gasteiger partial charge in [-0.2, -0.15) is 0 Å². The Balaban J connectivity index is 0.000000980. The fourth-order valence-electron chi connectivity index (χ4n) is 1.23. The van der Waals surface area contributed by atoms with Gasteiger partial charge in [-0.3, -0.25) is 0 Å². The Bertz CT molecular complexity index is 468. The minimum atomic E-state index is 0. The molecule has 0 spiro atoms. The summed E-state index contributed by atoms with van der Waals surface area (Å²) in [5.74, 6) is 0.550. The molecular weight excluding hydrogens is 312 g/mol. The van der Waals surface area contributed by atoms with E-state index in [1.54, 1.807) is 0 Å². The van der Waals surface area contributed by atoms with E-state index in [0.29, 0.717) is 9.65 Å². The molecule has 1 aromatic carbocycles. The number of hydrogen-bond acceptors (Lipinski definition) is 3. The fourth-order valence-corrected chi connectivity index (χ4v) is 1.75. The van der Waals surface area contributed by atoms with Crippen LogP contribution in [0, 0.1) is 10.8 Å². The summed E-state index contributed by atoms with van der Waals surface area (Å²) in [4.78, 5) is 8.38. The molecule has 2 aromatic rings. The van der Waals surface area contributed by atoms with Gasteiger partial charge in [0.15, 0.2) is 3.83 Å². The van der Waals surface area contributed by atoms with Crippen molar-refractivity contribution in [2.75, 3.05) is 5.73 Å². The third-order valence-electron chi connectivity index (χ3n) is 1.85. The SMILES string of the molecule is Cc1ccc2c(N)nc(I)nc2c1.Cl. The minimum Gasteiger partial charge on any atom is -0.383 e. The third-order valence-corrected chi connectivity index (χ3v) is 2.34. The van der Waals surface area contributed by atoms with Crippen molar-refractivity contribution >= 4 is 51.7 Å². The van der Waals surface area contributed by atoms with Crippen LogP contribution in [0.3, 0.4) is 0 Å². The number of rotatable bonds is 0. The monoisotopic (exact) mass is 321 g/mol. The number of nitrogen functional groups attached to an aromatic ring is 1. The van der Waals surface area contributed by atoms with Crippen molar-refractivity contribution in [1.82, 2.24) is 9.97 Å². The first-order valence-electron chi connectivity index (χ1n) is 3.86. The molecular formula is C9H9ClIN3. The highest BCUT2D eigenvalue weighted by Gasteiger charge is 2.02. The molecule has 0 radical (unpaired) electrons. The molecule has 0 aliphatic heterocycles. The van der Waals surface area contributed by atoms with Gasteiger partial charge in [0.05, 0.1) is 5.52 Å². The largest absolute Gasteiger partial charge is 0.383 e. The molecule has 2 rings (SSSR count). The molecule has 0 bridgehead atoms. The number of anilines is 1. The van der Waals surface area contributed by atoms with E-state index in [9.17, 15) is 0 Å². The maximum atomic E-state index is 5.75. The van der Waals surface area contributed by atoms with Gasteiger partial charge in [0.2, 0.25) is 0 Å². The lowest BCUT2D eigenvalue weighted by Crippen LogP contribution is -1.97. The van der Waals surface area contributed by atoms with Crippen LogP contribution in [0.5, 0.6) is 0 Å². The number of aromatic nitrogens is 2. The van der Waals surface area contributed by atoms with Crippen LogP contribution in [0.1, 0.15) is 5.56 Å². The van der Waals surface area contributed by atoms with Crippen molar-refractivity contribution in [2.45, 2.75) is 6.92 Å². The van der Waals surface area contributed by atoms with Crippen LogP contribution in [0.25, 0.3) is 10.9 Å². The lowest BCUT2D eigenvalue weighted by Gasteiger charge is -2.01. The molecule has 74 valence electrons. The van der Waals surface area contributed by atoms with Gasteiger partial charge < -0.3 is 5.73 Å². The molecule has 5 heteroatoms. The van der Waals surface area contributed by atoms with E-state index >= 15 is 0 Å². The smallest absolute Gasteiger partial charge is 0.193 e. The van der Waals surface area contributed by atoms with E-state index in [4.69, 9.17) is 5.73 Å². The summed E-state index contributed by atoms with van der Waals surface area (Å²) in [6.45, 7) is 2.03. The predicted molar refractivity (Wildman–Crippen MR) is 68.7 cm³/mol. The number of nitrogens with two attached hydrogens (primary N) is 1. The van der Waals surface area contributed by atoms with E-state index in [0.717, 1.165) is 10.9 Å². The first-order chi connectivity index (χ1) is 6.16. The van der Waals surface area contributed by atoms with Crippen LogP contribution in [0.4, 0.5) is 5.82 Å². The molecule has 0 amide bonds. The Labute approximate surface area is 102 Å². The Hall–Kier alpha value is -0.620. The van der Waals surface area contributed by atoms with Crippen molar-refractivity contribution < 1.29 is 0 Å². The second-order valence-corrected chi connectivity index (χ2v) is 3.86. The molecule has 2 N–H and O–H groups in total. The summed E-state index contributed by atoms with van der Waals surface area (Å²) in [5, 5.41) is 0.922. The average molecular weight is 322 g/mol. The minimum absolute atomic E-state index is 0. The summed E-state index contributed by atoms with van der Waals surface area (Å²) in [6.07, 6.45) is 0. The van der Waals surface area contributed by atoms with Gasteiger partial charge in [-0.15, -0.1) is 12.4 Å². The lowest BCUT2D eigenvalue weighted by atomic mass is 10.2. The Morgan fingerprint density at radius 1 is 1.29 bits per heavy atom. The van der Waals surface area contributed by atoms with Crippen LogP contribution in [-0.2, 0) is 0 Å². The zero-order valence-corrected chi connectivity index (χ0v) is 10.5. The van der Waals surface area contributed by atoms with Crippen LogP contribution < -0.4 is 5.73 Å². The van der Waals surface area contributed by atoms with Gasteiger partial charge in [0.25, 0.3) is 0 Å². The second-order valence-electron chi connectivity index (χ2n) is 2.90. The Morgan fingerprint density at radius 2 is 2.00 bits per heavy atom. The van der Waals surface area contributed by atoms with Crippen LogP contribution >= 0.6 is 35.0 Å². The van der Waals surface area contributed by atoms with E-state index < -0.39 is 0 Å². The van der Waals surface area contributed by atoms with Crippen molar-refractivity contribution in [3.63, 3.8) is 0 Å². The van der Waals surface area contributed by atoms with Crippen molar-refractivity contribution in [3.05, 3.63) is 27.6 Å². The maximum absolute atomic E-state index is 5.75. The van der Waals surface area contributed by atoms with Gasteiger partial charge in [-0.1, -0.05) is 6.07 Å². The predicted octanol–water partition coefficient (Wildman–Crippen LogP) is 2.55. The number of fused-ring (bicyclic) bond motifs is 1. The van der Waals surface area contributed by atoms with Gasteiger partial charge >= 0.3 is 0 Å². The highest BCUT2D eigenvalue weighted by Crippen LogP contribution is 2.19. The summed E-state index contributed by atoms with van der Waals surface area (Å²) in [6, 6.07) is 5.97. The number of halogens is 2. The standard InChI is InChI=1S/C9H8IN3.ClH/c1-5-2-3-6-7(4-5)12-9(10)13-8(6)11;/h2-4H,1H3,(H2,11,12,13);1H. The molecule has 0 saturated carbocycles. The quantitative estimate of drug-likeness (QED) is 0.599. The van der Waals surface area contributed by atoms with E-state index in [2.05, 4.69) is 32.6 Å². The Morgan fingerprint density at radius 3 is 2.71 bits per heavy atom. The van der Waals surface area contributed by atoms with Gasteiger partial charge in [-0.05, 0) is 24.6 Å². The number of hydrogen-bond donors (Lipinski definition) is 1. The molecule has 1 heterocycles. The number of nitrogens with zero attached hydrogens (tertiary/aromatic N) is 2. The average Bonchev–Trinajstić information content (AvgIpc) is 2.02. The lowest BCUT2D eigenvalue weighted by molar-refractivity contribution is 1.16. The van der Waals surface area contributed by atoms with Gasteiger partial charge in [-0.25, -0.2) is 9.97 Å². The third kappa shape index (κ3) is 2.06. The van der Waals surface area contributed by atoms with E-state index in [1.165, 1.54) is 5.56 Å². The van der Waals surface area contributed by atoms with Crippen LogP contribution in [0.2, 0.25) is 0 Å². The normalized spacial score (nSPS) is 9.86. The molecule has 14 heavy (non-hydrogen) atoms. The number of aryl methyl sites for hydroxylation is 1. The van der Waals surface area contributed by atoms with Crippen LogP contribution in [0.15, 0.2) is 18.2 Å². The highest BCUT2D eigenvalue weighted by atomic mass is 127. The molecule has 0 aliphatic carbocycles. The summed E-state index contributed by atoms with van der Waals surface area (Å²) >= 11 is 2.06. The molecule has 3 nitrogen and oxygen atoms in total. The molecule has 0 fully saturated rings. The zero-order valence-electron chi connectivity index (χ0n) is 7.49. The Kier molecular flexibility index (Phi) is 3.49. The molecule has 0 unspecified atom stereocenters. The van der Waals surface area contributed by atoms with Gasteiger partial charge in [0, 0.05) is 28.0 Å². The molecule has 0 atom stereocenters. The van der Waals surface area contributed by atoms with Crippen molar-refractivity contribution in [3.8, 4) is 0 Å². The highest BCUT2D eigenvalue weighted by molar-refractivity contribution is 14.1. The van der Waals surface area contributed by atoms with Gasteiger partial charge in [0.1, 0.15) is 5.82 Å². The first kappa shape index (κ1) is 11.5. The summed E-state index contributed by atoms with van der Waals surface area (Å²) < 4.78 is 0.688. The summed E-state index contributed by atoms with van der Waals surface area (Å²) in [7, 11) is 0. The molecule has 1 aromatic heterocycles. The zero-order chi connectivity index (χ0) is 9.42. The van der Waals surface area contributed by atoms with E-state index in [-0.39, 0.29) is 12.4 Å². The second kappa shape index (κ2) is 4.27. The van der Waals surface area contributed by atoms with Crippen LogP contribution in [-0.4, -0.2) is 9.97 Å². The summed E-state index contributed by atoms with van der Waals surface area (Å²) in [5.41, 5.74) is 7.85. The van der Waals surface area contributed by atoms with E-state index in [1.807, 2.05) is 25.1 Å². The molecule has 0 saturated heterocycles. The topological polar surface area (TPSA) is 51.8 Å². The van der Waals surface area contributed by atoms with Crippen molar-refractivity contribution in [1.29, 1.82) is 0 Å². The maximum Gasteiger partial charge on any atom is 0.193 e. The fraction of sp³-hybridized carbons (Fsp3) is 0.111. The first-order valence-corrected chi connectivity index (χ1v) is 4.94. The van der Waals surface area contributed by atoms with Crippen molar-refractivity contribution in [2.24, 2.45) is 0 Å². The molecule has 0 aliphatic rings.